The third kappa shape index (κ3) is 4.26. The van der Waals surface area contributed by atoms with Crippen LogP contribution in [0.25, 0.3) is 0 Å². The Morgan fingerprint density at radius 2 is 2.04 bits per heavy atom. The van der Waals surface area contributed by atoms with Gasteiger partial charge in [-0.3, -0.25) is 15.6 Å². The van der Waals surface area contributed by atoms with E-state index in [1.807, 2.05) is 0 Å². The summed E-state index contributed by atoms with van der Waals surface area (Å²) in [5.74, 6) is 1.26. The lowest BCUT2D eigenvalue weighted by Crippen LogP contribution is -2.46. The Morgan fingerprint density at radius 1 is 1.33 bits per heavy atom. The van der Waals surface area contributed by atoms with Crippen LogP contribution in [-0.2, 0) is 10.0 Å². The highest BCUT2D eigenvalue weighted by atomic mass is 32.2. The largest absolute Gasteiger partial charge is 0.496 e. The first kappa shape index (κ1) is 20.1. The average Bonchev–Trinajstić information content (AvgIpc) is 3.15. The van der Waals surface area contributed by atoms with Crippen LogP contribution in [0.15, 0.2) is 23.1 Å². The Balaban J connectivity index is 1.72. The molecule has 2 heterocycles. The number of amides is 1. The van der Waals surface area contributed by atoms with Crippen molar-refractivity contribution in [1.29, 1.82) is 0 Å². The number of piperidine rings is 1. The van der Waals surface area contributed by atoms with Gasteiger partial charge in [-0.05, 0) is 42.9 Å². The molecule has 0 radical (unpaired) electrons. The third-order valence-corrected chi connectivity index (χ3v) is 6.64. The molecule has 2 aliphatic rings. The Bertz CT molecular complexity index is 791. The number of carbonyl (C=O) groups excluding carboxylic acids is 1. The monoisotopic (exact) mass is 396 g/mol. The van der Waals surface area contributed by atoms with E-state index in [9.17, 15) is 13.2 Å². The molecule has 0 bridgehead atoms. The molecule has 3 rings (SSSR count). The minimum atomic E-state index is -3.88. The van der Waals surface area contributed by atoms with Gasteiger partial charge >= 0.3 is 0 Å². The first-order chi connectivity index (χ1) is 12.8. The summed E-state index contributed by atoms with van der Waals surface area (Å²) < 4.78 is 28.5. The fourth-order valence-corrected chi connectivity index (χ4v) is 4.66. The van der Waals surface area contributed by atoms with Gasteiger partial charge in [0.1, 0.15) is 5.75 Å². The van der Waals surface area contributed by atoms with Gasteiger partial charge in [0.05, 0.1) is 17.6 Å². The van der Waals surface area contributed by atoms with Crippen molar-refractivity contribution in [3.63, 3.8) is 0 Å². The summed E-state index contributed by atoms with van der Waals surface area (Å²) in [5.41, 5.74) is 6.87. The first-order valence-electron chi connectivity index (χ1n) is 9.33. The van der Waals surface area contributed by atoms with E-state index in [0.29, 0.717) is 36.7 Å². The maximum absolute atomic E-state index is 13.0. The van der Waals surface area contributed by atoms with Crippen molar-refractivity contribution < 1.29 is 17.9 Å². The molecule has 2 aliphatic heterocycles. The maximum atomic E-state index is 13.0. The number of rotatable bonds is 5. The summed E-state index contributed by atoms with van der Waals surface area (Å²) in [7, 11) is -2.43. The number of primary sulfonamides is 1. The van der Waals surface area contributed by atoms with Crippen molar-refractivity contribution >= 4 is 15.9 Å². The smallest absolute Gasteiger partial charge is 0.257 e. The van der Waals surface area contributed by atoms with Crippen LogP contribution in [0.2, 0.25) is 0 Å². The highest BCUT2D eigenvalue weighted by Gasteiger charge is 2.35. The molecule has 1 aromatic rings. The quantitative estimate of drug-likeness (QED) is 0.675. The number of benzene rings is 1. The van der Waals surface area contributed by atoms with Crippen LogP contribution in [0.4, 0.5) is 0 Å². The van der Waals surface area contributed by atoms with E-state index < -0.39 is 10.0 Å². The Morgan fingerprint density at radius 3 is 2.63 bits per heavy atom. The normalized spacial score (nSPS) is 24.2. The summed E-state index contributed by atoms with van der Waals surface area (Å²) in [6.07, 6.45) is 2.96. The molecule has 150 valence electrons. The summed E-state index contributed by atoms with van der Waals surface area (Å²) in [5, 5.41) is 5.20. The molecule has 2 fully saturated rings. The molecule has 4 N–H and O–H groups in total. The molecule has 2 atom stereocenters. The van der Waals surface area contributed by atoms with E-state index in [-0.39, 0.29) is 16.4 Å². The zero-order valence-electron chi connectivity index (χ0n) is 15.8. The molecular formula is C18H28N4O4S. The molecule has 0 spiro atoms. The number of nitrogens with one attached hydrogen (secondary N) is 2. The third-order valence-electron chi connectivity index (χ3n) is 5.73. The van der Waals surface area contributed by atoms with Crippen LogP contribution in [0.1, 0.15) is 36.5 Å². The molecule has 0 saturated carbocycles. The first-order valence-corrected chi connectivity index (χ1v) is 10.9. The van der Waals surface area contributed by atoms with Crippen LogP contribution < -0.4 is 20.7 Å². The Hall–Kier alpha value is -1.68. The molecule has 2 unspecified atom stereocenters. The highest BCUT2D eigenvalue weighted by Crippen LogP contribution is 2.30. The zero-order valence-corrected chi connectivity index (χ0v) is 16.6. The predicted octanol–water partition coefficient (Wildman–Crippen LogP) is 0.697. The van der Waals surface area contributed by atoms with Crippen molar-refractivity contribution in [2.45, 2.75) is 37.1 Å². The number of hydrazine groups is 1. The molecule has 0 aliphatic carbocycles. The second kappa shape index (κ2) is 8.14. The maximum Gasteiger partial charge on any atom is 0.257 e. The molecule has 27 heavy (non-hydrogen) atoms. The van der Waals surface area contributed by atoms with Gasteiger partial charge in [0.15, 0.2) is 0 Å². The fraction of sp³-hybridized carbons (Fsp3) is 0.611. The van der Waals surface area contributed by atoms with Crippen molar-refractivity contribution in [2.75, 3.05) is 26.7 Å². The fourth-order valence-electron chi connectivity index (χ4n) is 4.12. The second-order valence-corrected chi connectivity index (χ2v) is 8.82. The number of hydrogen-bond donors (Lipinski definition) is 3. The molecule has 8 nitrogen and oxygen atoms in total. The lowest BCUT2D eigenvalue weighted by molar-refractivity contribution is 0.0659. The molecule has 1 amide bonds. The Kier molecular flexibility index (Phi) is 6.05. The number of methoxy groups -OCH3 is 1. The van der Waals surface area contributed by atoms with Gasteiger partial charge in [0.25, 0.3) is 5.91 Å². The second-order valence-electron chi connectivity index (χ2n) is 7.26. The SMILES string of the molecule is CCC1CNNC1C1CCN(C(=O)c2cc(S(N)(=O)=O)ccc2OC)CC1. The number of hydrogen-bond acceptors (Lipinski definition) is 6. The number of carbonyl (C=O) groups is 1. The van der Waals surface area contributed by atoms with Crippen LogP contribution >= 0.6 is 0 Å². The highest BCUT2D eigenvalue weighted by molar-refractivity contribution is 7.89. The van der Waals surface area contributed by atoms with Gasteiger partial charge in [-0.2, -0.15) is 0 Å². The van der Waals surface area contributed by atoms with Gasteiger partial charge < -0.3 is 9.64 Å². The molecule has 9 heteroatoms. The van der Waals surface area contributed by atoms with E-state index in [1.54, 1.807) is 4.90 Å². The van der Waals surface area contributed by atoms with E-state index >= 15 is 0 Å². The number of nitrogens with two attached hydrogens (primary N) is 1. The summed E-state index contributed by atoms with van der Waals surface area (Å²) in [6, 6.07) is 4.56. The topological polar surface area (TPSA) is 114 Å². The standard InChI is InChI=1S/C18H28N4O4S/c1-3-12-11-20-21-17(12)13-6-8-22(9-7-13)18(23)15-10-14(27(19,24)25)4-5-16(15)26-2/h4-5,10,12-13,17,20-21H,3,6-9,11H2,1-2H3,(H2,19,24,25). The summed E-state index contributed by atoms with van der Waals surface area (Å²) >= 11 is 0. The lowest BCUT2D eigenvalue weighted by atomic mass is 9.82. The number of sulfonamides is 1. The van der Waals surface area contributed by atoms with Crippen LogP contribution in [0, 0.1) is 11.8 Å². The van der Waals surface area contributed by atoms with Crippen molar-refractivity contribution in [1.82, 2.24) is 15.8 Å². The van der Waals surface area contributed by atoms with E-state index in [0.717, 1.165) is 25.8 Å². The predicted molar refractivity (Wildman–Crippen MR) is 102 cm³/mol. The lowest BCUT2D eigenvalue weighted by Gasteiger charge is -2.36. The van der Waals surface area contributed by atoms with Crippen LogP contribution in [-0.4, -0.2) is 52.0 Å². The van der Waals surface area contributed by atoms with Gasteiger partial charge in [0, 0.05) is 25.7 Å². The minimum Gasteiger partial charge on any atom is -0.496 e. The van der Waals surface area contributed by atoms with Crippen LogP contribution in [0.3, 0.4) is 0 Å². The van der Waals surface area contributed by atoms with Crippen molar-refractivity contribution in [3.05, 3.63) is 23.8 Å². The van der Waals surface area contributed by atoms with Gasteiger partial charge in [0.2, 0.25) is 10.0 Å². The zero-order chi connectivity index (χ0) is 19.6. The van der Waals surface area contributed by atoms with E-state index in [4.69, 9.17) is 9.88 Å². The van der Waals surface area contributed by atoms with E-state index in [2.05, 4.69) is 17.8 Å². The Labute approximate surface area is 160 Å². The van der Waals surface area contributed by atoms with Gasteiger partial charge in [-0.15, -0.1) is 0 Å². The summed E-state index contributed by atoms with van der Waals surface area (Å²) in [6.45, 7) is 4.47. The van der Waals surface area contributed by atoms with Crippen molar-refractivity contribution in [2.24, 2.45) is 17.0 Å². The van der Waals surface area contributed by atoms with Gasteiger partial charge in [-0.1, -0.05) is 13.3 Å². The average molecular weight is 397 g/mol. The number of ether oxygens (including phenoxy) is 1. The molecular weight excluding hydrogens is 368 g/mol. The van der Waals surface area contributed by atoms with E-state index in [1.165, 1.54) is 25.3 Å². The summed E-state index contributed by atoms with van der Waals surface area (Å²) in [4.78, 5) is 14.7. The molecule has 0 aromatic heterocycles. The number of nitrogens with zero attached hydrogens (tertiary/aromatic N) is 1. The minimum absolute atomic E-state index is 0.0893. The number of likely N-dealkylation sites (tertiary alicyclic amines) is 1. The van der Waals surface area contributed by atoms with Crippen molar-refractivity contribution in [3.8, 4) is 5.75 Å². The van der Waals surface area contributed by atoms with Gasteiger partial charge in [-0.25, -0.2) is 13.6 Å². The molecule has 2 saturated heterocycles. The van der Waals surface area contributed by atoms with Crippen LogP contribution in [0.5, 0.6) is 5.75 Å². The molecule has 1 aromatic carbocycles.